The van der Waals surface area contributed by atoms with Crippen LogP contribution in [0.5, 0.6) is 0 Å². The van der Waals surface area contributed by atoms with Crippen LogP contribution in [-0.4, -0.2) is 18.2 Å². The molecule has 0 N–H and O–H groups in total. The molecule has 43 heavy (non-hydrogen) atoms. The van der Waals surface area contributed by atoms with Gasteiger partial charge in [-0.3, -0.25) is 9.59 Å². The van der Waals surface area contributed by atoms with Crippen molar-refractivity contribution in [2.45, 2.75) is 136 Å². The average molecular weight is 591 g/mol. The maximum absolute atomic E-state index is 12.9. The van der Waals surface area contributed by atoms with Crippen molar-refractivity contribution in [1.82, 2.24) is 0 Å². The Balaban J connectivity index is 1.69. The number of carbonyl (C=O) groups excluding carboxylic acids is 3. The molecule has 0 aromatic heterocycles. The van der Waals surface area contributed by atoms with E-state index in [0.717, 1.165) is 87.3 Å². The number of benzene rings is 2. The van der Waals surface area contributed by atoms with Gasteiger partial charge in [-0.2, -0.15) is 0 Å². The summed E-state index contributed by atoms with van der Waals surface area (Å²) in [5.74, 6) is -0.636. The second-order valence-corrected chi connectivity index (χ2v) is 11.5. The summed E-state index contributed by atoms with van der Waals surface area (Å²) in [6, 6.07) is 19.3. The van der Waals surface area contributed by atoms with E-state index in [1.54, 1.807) is 0 Å². The van der Waals surface area contributed by atoms with Crippen molar-refractivity contribution in [2.75, 3.05) is 0 Å². The van der Waals surface area contributed by atoms with E-state index < -0.39 is 5.97 Å². The maximum Gasteiger partial charge on any atom is 0.341 e. The monoisotopic (exact) mass is 590 g/mol. The first-order valence-electron chi connectivity index (χ1n) is 16.7. The zero-order valence-electron chi connectivity index (χ0n) is 26.5. The summed E-state index contributed by atoms with van der Waals surface area (Å²) >= 11 is 0. The Morgan fingerprint density at radius 1 is 0.558 bits per heavy atom. The lowest BCUT2D eigenvalue weighted by Gasteiger charge is -2.12. The Bertz CT molecular complexity index is 1040. The standard InChI is InChI=1S/C38H54O5/c1-2-3-4-5-6-8-11-20-27-35(36(30-39)38(41)43-32-34-25-18-15-19-26-34)28-21-12-9-7-10-13-22-29-37(40)42-31-33-23-16-14-17-24-33/h14-19,23-26,30H,2-13,20-22,27-29,31-32H2,1H3/b36-35+. The van der Waals surface area contributed by atoms with Crippen LogP contribution in [0, 0.1) is 0 Å². The summed E-state index contributed by atoms with van der Waals surface area (Å²) in [7, 11) is 0. The molecule has 0 aliphatic heterocycles. The van der Waals surface area contributed by atoms with E-state index in [9.17, 15) is 14.4 Å². The first kappa shape index (κ1) is 36.0. The zero-order chi connectivity index (χ0) is 30.8. The summed E-state index contributed by atoms with van der Waals surface area (Å²) in [6.45, 7) is 2.75. The quantitative estimate of drug-likeness (QED) is 0.0287. The summed E-state index contributed by atoms with van der Waals surface area (Å²) in [5.41, 5.74) is 3.09. The summed E-state index contributed by atoms with van der Waals surface area (Å²) in [6.07, 6.45) is 19.7. The highest BCUT2D eigenvalue weighted by atomic mass is 16.5. The van der Waals surface area contributed by atoms with Crippen LogP contribution in [0.1, 0.15) is 134 Å². The summed E-state index contributed by atoms with van der Waals surface area (Å²) in [4.78, 5) is 36.9. The highest BCUT2D eigenvalue weighted by Crippen LogP contribution is 2.23. The van der Waals surface area contributed by atoms with Gasteiger partial charge in [0.25, 0.3) is 0 Å². The minimum atomic E-state index is -0.504. The highest BCUT2D eigenvalue weighted by molar-refractivity contribution is 6.08. The first-order chi connectivity index (χ1) is 21.1. The molecule has 2 aromatic rings. The largest absolute Gasteiger partial charge is 0.461 e. The molecule has 0 fully saturated rings. The van der Waals surface area contributed by atoms with Gasteiger partial charge in [0.15, 0.2) is 6.29 Å². The number of aldehydes is 1. The van der Waals surface area contributed by atoms with Crippen LogP contribution >= 0.6 is 0 Å². The Kier molecular flexibility index (Phi) is 20.3. The zero-order valence-corrected chi connectivity index (χ0v) is 26.5. The van der Waals surface area contributed by atoms with Crippen LogP contribution in [0.15, 0.2) is 71.8 Å². The van der Waals surface area contributed by atoms with Crippen LogP contribution in [0.25, 0.3) is 0 Å². The van der Waals surface area contributed by atoms with Crippen molar-refractivity contribution >= 4 is 18.2 Å². The fraction of sp³-hybridized carbons (Fsp3) is 0.553. The van der Waals surface area contributed by atoms with Crippen LogP contribution in [0.4, 0.5) is 0 Å². The van der Waals surface area contributed by atoms with E-state index in [1.165, 1.54) is 38.5 Å². The van der Waals surface area contributed by atoms with Crippen molar-refractivity contribution in [3.8, 4) is 0 Å². The minimum Gasteiger partial charge on any atom is -0.461 e. The lowest BCUT2D eigenvalue weighted by atomic mass is 9.95. The second kappa shape index (κ2) is 24.3. The molecule has 2 aromatic carbocycles. The molecule has 0 saturated carbocycles. The molecule has 0 spiro atoms. The van der Waals surface area contributed by atoms with Gasteiger partial charge in [0.2, 0.25) is 0 Å². The Morgan fingerprint density at radius 2 is 0.977 bits per heavy atom. The highest BCUT2D eigenvalue weighted by Gasteiger charge is 2.16. The third-order valence-electron chi connectivity index (χ3n) is 7.87. The number of unbranched alkanes of at least 4 members (excludes halogenated alkanes) is 13. The van der Waals surface area contributed by atoms with Gasteiger partial charge in [0.1, 0.15) is 13.2 Å². The lowest BCUT2D eigenvalue weighted by Crippen LogP contribution is -2.12. The van der Waals surface area contributed by atoms with Crippen molar-refractivity contribution < 1.29 is 23.9 Å². The maximum atomic E-state index is 12.9. The number of hydrogen-bond acceptors (Lipinski definition) is 5. The molecule has 0 aliphatic carbocycles. The molecule has 0 saturated heterocycles. The van der Waals surface area contributed by atoms with Crippen molar-refractivity contribution in [1.29, 1.82) is 0 Å². The number of hydrogen-bond donors (Lipinski definition) is 0. The fourth-order valence-corrected chi connectivity index (χ4v) is 5.25. The van der Waals surface area contributed by atoms with Gasteiger partial charge >= 0.3 is 11.9 Å². The van der Waals surface area contributed by atoms with Crippen molar-refractivity contribution in [3.63, 3.8) is 0 Å². The first-order valence-corrected chi connectivity index (χ1v) is 16.7. The molecular weight excluding hydrogens is 536 g/mol. The number of esters is 2. The van der Waals surface area contributed by atoms with E-state index >= 15 is 0 Å². The van der Waals surface area contributed by atoms with E-state index in [4.69, 9.17) is 9.47 Å². The smallest absolute Gasteiger partial charge is 0.341 e. The van der Waals surface area contributed by atoms with Crippen molar-refractivity contribution in [2.24, 2.45) is 0 Å². The minimum absolute atomic E-state index is 0.132. The van der Waals surface area contributed by atoms with Gasteiger partial charge < -0.3 is 9.47 Å². The predicted molar refractivity (Wildman–Crippen MR) is 174 cm³/mol. The number of ether oxygens (including phenoxy) is 2. The van der Waals surface area contributed by atoms with Gasteiger partial charge in [-0.15, -0.1) is 0 Å². The predicted octanol–water partition coefficient (Wildman–Crippen LogP) is 10.0. The molecule has 0 amide bonds. The third-order valence-corrected chi connectivity index (χ3v) is 7.87. The molecule has 0 heterocycles. The van der Waals surface area contributed by atoms with Gasteiger partial charge in [-0.1, -0.05) is 150 Å². The molecule has 5 heteroatoms. The summed E-state index contributed by atoms with van der Waals surface area (Å²) < 4.78 is 10.9. The van der Waals surface area contributed by atoms with Gasteiger partial charge in [-0.25, -0.2) is 4.79 Å². The van der Waals surface area contributed by atoms with E-state index in [-0.39, 0.29) is 18.1 Å². The number of allylic oxidation sites excluding steroid dienone is 1. The third kappa shape index (κ3) is 17.5. The van der Waals surface area contributed by atoms with Crippen LogP contribution in [0.2, 0.25) is 0 Å². The Morgan fingerprint density at radius 3 is 1.44 bits per heavy atom. The van der Waals surface area contributed by atoms with Gasteiger partial charge in [-0.05, 0) is 43.2 Å². The van der Waals surface area contributed by atoms with Gasteiger partial charge in [0, 0.05) is 6.42 Å². The fourth-order valence-electron chi connectivity index (χ4n) is 5.25. The normalized spacial score (nSPS) is 11.6. The topological polar surface area (TPSA) is 69.7 Å². The molecule has 2 rings (SSSR count). The van der Waals surface area contributed by atoms with E-state index in [0.29, 0.717) is 19.3 Å². The van der Waals surface area contributed by atoms with Gasteiger partial charge in [0.05, 0.1) is 5.57 Å². The van der Waals surface area contributed by atoms with Crippen LogP contribution < -0.4 is 0 Å². The average Bonchev–Trinajstić information content (AvgIpc) is 3.04. The summed E-state index contributed by atoms with van der Waals surface area (Å²) in [5, 5.41) is 0. The molecular formula is C38H54O5. The molecule has 5 nitrogen and oxygen atoms in total. The molecule has 0 bridgehead atoms. The Hall–Kier alpha value is -3.21. The SMILES string of the molecule is CCCCCCCCCC/C(CCCCCCCCCC(=O)OCc1ccccc1)=C(/C=O)C(=O)OCc1ccccc1. The lowest BCUT2D eigenvalue weighted by molar-refractivity contribution is -0.145. The van der Waals surface area contributed by atoms with E-state index in [2.05, 4.69) is 6.92 Å². The van der Waals surface area contributed by atoms with Crippen LogP contribution in [0.3, 0.4) is 0 Å². The molecule has 0 atom stereocenters. The van der Waals surface area contributed by atoms with Crippen LogP contribution in [-0.2, 0) is 37.1 Å². The molecule has 0 aliphatic rings. The Labute approximate surface area is 260 Å². The number of rotatable bonds is 25. The molecule has 0 unspecified atom stereocenters. The number of carbonyl (C=O) groups is 3. The molecule has 236 valence electrons. The molecule has 0 radical (unpaired) electrons. The second-order valence-electron chi connectivity index (χ2n) is 11.5. The van der Waals surface area contributed by atoms with Crippen molar-refractivity contribution in [3.05, 3.63) is 82.9 Å². The van der Waals surface area contributed by atoms with E-state index in [1.807, 2.05) is 60.7 Å².